The predicted octanol–water partition coefficient (Wildman–Crippen LogP) is 4.31. The number of para-hydroxylation sites is 1. The van der Waals surface area contributed by atoms with Crippen LogP contribution in [0.4, 0.5) is 11.4 Å². The maximum absolute atomic E-state index is 12.1. The maximum Gasteiger partial charge on any atom is 0.295 e. The van der Waals surface area contributed by atoms with Gasteiger partial charge in [-0.25, -0.2) is 0 Å². The van der Waals surface area contributed by atoms with E-state index in [-0.39, 0.29) is 4.90 Å². The first-order chi connectivity index (χ1) is 13.7. The smallest absolute Gasteiger partial charge is 0.295 e. The molecule has 0 aromatic heterocycles. The molecule has 0 radical (unpaired) electrons. The maximum atomic E-state index is 12.1. The first kappa shape index (κ1) is 18.1. The van der Waals surface area contributed by atoms with Crippen LogP contribution in [0.2, 0.25) is 0 Å². The second kappa shape index (κ2) is 5.58. The SMILES string of the molecule is CN1c2ccccc2C(C)(C)C12C=Nc1c(cc(S(=O)(=O)O)c3ccccc13)O2. The normalized spacial score (nSPS) is 21.9. The minimum atomic E-state index is -4.44. The summed E-state index contributed by atoms with van der Waals surface area (Å²) in [5.41, 5.74) is 1.32. The van der Waals surface area contributed by atoms with Gasteiger partial charge in [0.25, 0.3) is 10.1 Å². The van der Waals surface area contributed by atoms with Crippen molar-refractivity contribution in [3.05, 3.63) is 60.2 Å². The zero-order chi connectivity index (χ0) is 20.6. The topological polar surface area (TPSA) is 79.2 Å². The fourth-order valence-corrected chi connectivity index (χ4v) is 5.31. The zero-order valence-electron chi connectivity index (χ0n) is 16.2. The highest BCUT2D eigenvalue weighted by molar-refractivity contribution is 7.86. The molecule has 0 saturated heterocycles. The molecule has 3 aromatic rings. The van der Waals surface area contributed by atoms with Crippen LogP contribution in [0.5, 0.6) is 5.75 Å². The molecule has 5 rings (SSSR count). The summed E-state index contributed by atoms with van der Waals surface area (Å²) >= 11 is 0. The van der Waals surface area contributed by atoms with E-state index in [0.29, 0.717) is 22.2 Å². The molecule has 1 spiro atoms. The Balaban J connectivity index is 1.78. The molecule has 0 aliphatic carbocycles. The summed E-state index contributed by atoms with van der Waals surface area (Å²) in [6.07, 6.45) is 1.80. The van der Waals surface area contributed by atoms with E-state index in [0.717, 1.165) is 11.3 Å². The summed E-state index contributed by atoms with van der Waals surface area (Å²) in [5, 5.41) is 1.02. The summed E-state index contributed by atoms with van der Waals surface area (Å²) in [5.74, 6) is 0.326. The van der Waals surface area contributed by atoms with Gasteiger partial charge in [0.15, 0.2) is 5.75 Å². The Kier molecular flexibility index (Phi) is 3.49. The molecular formula is C22H20N2O4S. The molecule has 0 bridgehead atoms. The molecular weight excluding hydrogens is 388 g/mol. The van der Waals surface area contributed by atoms with E-state index in [1.165, 1.54) is 6.07 Å². The zero-order valence-corrected chi connectivity index (χ0v) is 17.1. The minimum absolute atomic E-state index is 0.185. The number of anilines is 1. The summed E-state index contributed by atoms with van der Waals surface area (Å²) in [6, 6.07) is 16.4. The van der Waals surface area contributed by atoms with Crippen LogP contribution < -0.4 is 9.64 Å². The van der Waals surface area contributed by atoms with Crippen LogP contribution in [0.25, 0.3) is 10.8 Å². The first-order valence-electron chi connectivity index (χ1n) is 9.28. The van der Waals surface area contributed by atoms with Crippen molar-refractivity contribution in [2.75, 3.05) is 11.9 Å². The van der Waals surface area contributed by atoms with Crippen LogP contribution in [0.15, 0.2) is 64.5 Å². The van der Waals surface area contributed by atoms with Gasteiger partial charge in [0, 0.05) is 29.6 Å². The van der Waals surface area contributed by atoms with Gasteiger partial charge in [-0.2, -0.15) is 8.42 Å². The van der Waals surface area contributed by atoms with Gasteiger partial charge in [0.05, 0.1) is 11.6 Å². The first-order valence-corrected chi connectivity index (χ1v) is 10.7. The monoisotopic (exact) mass is 408 g/mol. The van der Waals surface area contributed by atoms with Crippen LogP contribution in [0.1, 0.15) is 19.4 Å². The van der Waals surface area contributed by atoms with Crippen LogP contribution in [-0.4, -0.2) is 32.0 Å². The largest absolute Gasteiger partial charge is 0.459 e. The molecule has 29 heavy (non-hydrogen) atoms. The molecule has 3 aromatic carbocycles. The molecule has 2 aliphatic heterocycles. The third-order valence-electron chi connectivity index (χ3n) is 6.19. The average molecular weight is 408 g/mol. The molecule has 0 amide bonds. The number of rotatable bonds is 1. The van der Waals surface area contributed by atoms with Gasteiger partial charge in [-0.3, -0.25) is 9.55 Å². The highest BCUT2D eigenvalue weighted by Crippen LogP contribution is 2.54. The lowest BCUT2D eigenvalue weighted by atomic mass is 9.77. The fourth-order valence-electron chi connectivity index (χ4n) is 4.60. The van der Waals surface area contributed by atoms with E-state index in [9.17, 15) is 13.0 Å². The lowest BCUT2D eigenvalue weighted by molar-refractivity contribution is 0.0824. The number of hydrogen-bond donors (Lipinski definition) is 1. The lowest BCUT2D eigenvalue weighted by Crippen LogP contribution is -2.61. The van der Waals surface area contributed by atoms with E-state index in [2.05, 4.69) is 19.9 Å². The van der Waals surface area contributed by atoms with Gasteiger partial charge < -0.3 is 9.64 Å². The van der Waals surface area contributed by atoms with Crippen molar-refractivity contribution in [1.29, 1.82) is 0 Å². The highest BCUT2D eigenvalue weighted by Gasteiger charge is 2.58. The van der Waals surface area contributed by atoms with E-state index in [1.807, 2.05) is 30.1 Å². The third-order valence-corrected chi connectivity index (χ3v) is 7.08. The van der Waals surface area contributed by atoms with Crippen molar-refractivity contribution in [2.45, 2.75) is 29.9 Å². The summed E-state index contributed by atoms with van der Waals surface area (Å²) in [6.45, 7) is 4.16. The fraction of sp³-hybridized carbons (Fsp3) is 0.227. The number of benzene rings is 3. The van der Waals surface area contributed by atoms with Crippen molar-refractivity contribution in [3.63, 3.8) is 0 Å². The molecule has 1 N–H and O–H groups in total. The van der Waals surface area contributed by atoms with Gasteiger partial charge in [0.2, 0.25) is 5.72 Å². The van der Waals surface area contributed by atoms with Crippen LogP contribution in [0, 0.1) is 0 Å². The third kappa shape index (κ3) is 2.25. The highest BCUT2D eigenvalue weighted by atomic mass is 32.2. The Morgan fingerprint density at radius 2 is 1.69 bits per heavy atom. The standard InChI is InChI=1S/C22H20N2O4S/c1-21(2)16-10-6-7-11-17(16)24(3)22(21)13-23-20-15-9-5-4-8-14(15)19(29(25,26)27)12-18(20)28-22/h4-13H,1-3H3,(H,25,26,27). The second-order valence-electron chi connectivity index (χ2n) is 8.00. The molecule has 148 valence electrons. The van der Waals surface area contributed by atoms with Gasteiger partial charge in [0.1, 0.15) is 10.6 Å². The van der Waals surface area contributed by atoms with Crippen LogP contribution >= 0.6 is 0 Å². The van der Waals surface area contributed by atoms with Crippen molar-refractivity contribution < 1.29 is 17.7 Å². The number of hydrogen-bond acceptors (Lipinski definition) is 5. The Morgan fingerprint density at radius 1 is 1.03 bits per heavy atom. The summed E-state index contributed by atoms with van der Waals surface area (Å²) in [4.78, 5) is 6.58. The number of ether oxygens (including phenoxy) is 1. The Hall–Kier alpha value is -2.90. The number of likely N-dealkylation sites (N-methyl/N-ethyl adjacent to an activating group) is 1. The van der Waals surface area contributed by atoms with Gasteiger partial charge >= 0.3 is 0 Å². The van der Waals surface area contributed by atoms with Crippen molar-refractivity contribution in [3.8, 4) is 5.75 Å². The molecule has 2 heterocycles. The van der Waals surface area contributed by atoms with Crippen LogP contribution in [-0.2, 0) is 15.5 Å². The number of aliphatic imine (C=N–C) groups is 1. The average Bonchev–Trinajstić information content (AvgIpc) is 2.85. The Morgan fingerprint density at radius 3 is 2.38 bits per heavy atom. The van der Waals surface area contributed by atoms with E-state index in [1.54, 1.807) is 30.5 Å². The second-order valence-corrected chi connectivity index (χ2v) is 9.39. The van der Waals surface area contributed by atoms with E-state index < -0.39 is 21.3 Å². The summed E-state index contributed by atoms with van der Waals surface area (Å²) < 4.78 is 40.5. The van der Waals surface area contributed by atoms with Gasteiger partial charge in [-0.15, -0.1) is 0 Å². The van der Waals surface area contributed by atoms with Gasteiger partial charge in [-0.1, -0.05) is 42.5 Å². The van der Waals surface area contributed by atoms with Gasteiger partial charge in [-0.05, 0) is 25.5 Å². The Bertz CT molecular complexity index is 1310. The minimum Gasteiger partial charge on any atom is -0.459 e. The van der Waals surface area contributed by atoms with Crippen molar-refractivity contribution >= 4 is 38.5 Å². The van der Waals surface area contributed by atoms with Crippen molar-refractivity contribution in [2.24, 2.45) is 4.99 Å². The molecule has 0 fully saturated rings. The molecule has 2 aliphatic rings. The number of fused-ring (bicyclic) bond motifs is 4. The molecule has 6 nitrogen and oxygen atoms in total. The quantitative estimate of drug-likeness (QED) is 0.607. The van der Waals surface area contributed by atoms with Crippen molar-refractivity contribution in [1.82, 2.24) is 0 Å². The molecule has 1 atom stereocenters. The summed E-state index contributed by atoms with van der Waals surface area (Å²) in [7, 11) is -2.50. The van der Waals surface area contributed by atoms with Crippen LogP contribution in [0.3, 0.4) is 0 Å². The molecule has 7 heteroatoms. The predicted molar refractivity (Wildman–Crippen MR) is 113 cm³/mol. The molecule has 0 saturated carbocycles. The Labute approximate surface area is 169 Å². The molecule has 1 unspecified atom stereocenters. The van der Waals surface area contributed by atoms with E-state index >= 15 is 0 Å². The number of nitrogens with zero attached hydrogens (tertiary/aromatic N) is 2. The lowest BCUT2D eigenvalue weighted by Gasteiger charge is -2.45. The van der Waals surface area contributed by atoms with E-state index in [4.69, 9.17) is 9.73 Å².